The van der Waals surface area contributed by atoms with Gasteiger partial charge in [0.25, 0.3) is 0 Å². The molecule has 0 spiro atoms. The van der Waals surface area contributed by atoms with Crippen LogP contribution in [0.5, 0.6) is 0 Å². The fourth-order valence-electron chi connectivity index (χ4n) is 2.57. The number of hydrogen-bond donors (Lipinski definition) is 2. The molecule has 0 bridgehead atoms. The van der Waals surface area contributed by atoms with E-state index >= 15 is 0 Å². The first kappa shape index (κ1) is 13.9. The number of nitrogens with two attached hydrogens (primary N) is 1. The predicted molar refractivity (Wildman–Crippen MR) is 77.4 cm³/mol. The summed E-state index contributed by atoms with van der Waals surface area (Å²) >= 11 is 0. The molecule has 0 aliphatic heterocycles. The van der Waals surface area contributed by atoms with Gasteiger partial charge in [0.05, 0.1) is 11.4 Å². The molecule has 0 unspecified atom stereocenters. The molecule has 0 saturated heterocycles. The molecule has 3 N–H and O–H groups in total. The molecular formula is C15H26N2. The van der Waals surface area contributed by atoms with Crippen LogP contribution in [0.2, 0.25) is 0 Å². The topological polar surface area (TPSA) is 38.0 Å². The Morgan fingerprint density at radius 3 is 2.18 bits per heavy atom. The third-order valence-corrected chi connectivity index (χ3v) is 2.74. The van der Waals surface area contributed by atoms with Gasteiger partial charge >= 0.3 is 0 Å². The highest BCUT2D eigenvalue weighted by Gasteiger charge is 2.26. The first-order valence-corrected chi connectivity index (χ1v) is 6.24. The quantitative estimate of drug-likeness (QED) is 0.769. The first-order chi connectivity index (χ1) is 7.61. The normalized spacial score (nSPS) is 12.6. The minimum absolute atomic E-state index is 0.0402. The van der Waals surface area contributed by atoms with E-state index in [-0.39, 0.29) is 5.54 Å². The molecule has 17 heavy (non-hydrogen) atoms. The van der Waals surface area contributed by atoms with Gasteiger partial charge < -0.3 is 11.1 Å². The van der Waals surface area contributed by atoms with Crippen LogP contribution in [0.4, 0.5) is 11.4 Å². The maximum Gasteiger partial charge on any atom is 0.0607 e. The van der Waals surface area contributed by atoms with Crippen LogP contribution >= 0.6 is 0 Å². The summed E-state index contributed by atoms with van der Waals surface area (Å²) in [5.41, 5.74) is 9.47. The van der Waals surface area contributed by atoms with E-state index in [4.69, 9.17) is 5.73 Å². The monoisotopic (exact) mass is 234 g/mol. The Balaban J connectivity index is 2.90. The molecule has 2 heteroatoms. The summed E-state index contributed by atoms with van der Waals surface area (Å²) in [6, 6.07) is 6.03. The predicted octanol–water partition coefficient (Wildman–Crippen LogP) is 4.20. The number of hydrogen-bond acceptors (Lipinski definition) is 2. The van der Waals surface area contributed by atoms with Crippen molar-refractivity contribution in [1.82, 2.24) is 0 Å². The van der Waals surface area contributed by atoms with Crippen LogP contribution in [0.25, 0.3) is 0 Å². The van der Waals surface area contributed by atoms with Crippen LogP contribution in [0, 0.1) is 12.3 Å². The molecule has 0 aliphatic carbocycles. The van der Waals surface area contributed by atoms with E-state index in [1.54, 1.807) is 0 Å². The summed E-state index contributed by atoms with van der Waals surface area (Å²) in [5.74, 6) is 0. The summed E-state index contributed by atoms with van der Waals surface area (Å²) < 4.78 is 0. The molecular weight excluding hydrogens is 208 g/mol. The van der Waals surface area contributed by atoms with E-state index in [2.05, 4.69) is 52.9 Å². The Morgan fingerprint density at radius 2 is 1.71 bits per heavy atom. The number of benzene rings is 1. The average Bonchev–Trinajstić information content (AvgIpc) is 2.07. The number of nitrogen functional groups attached to an aromatic ring is 1. The van der Waals surface area contributed by atoms with Gasteiger partial charge in [0.1, 0.15) is 0 Å². The molecule has 0 fully saturated rings. The molecule has 0 saturated carbocycles. The van der Waals surface area contributed by atoms with E-state index in [1.165, 1.54) is 5.56 Å². The summed E-state index contributed by atoms with van der Waals surface area (Å²) in [6.45, 7) is 13.3. The Hall–Kier alpha value is -1.18. The zero-order valence-corrected chi connectivity index (χ0v) is 12.0. The number of para-hydroxylation sites is 1. The average molecular weight is 234 g/mol. The number of nitrogens with one attached hydrogen (secondary N) is 1. The SMILES string of the molecule is Cc1cccc(N)c1NC(C)(C)CC(C)(C)C. The molecule has 96 valence electrons. The van der Waals surface area contributed by atoms with Gasteiger partial charge in [0, 0.05) is 5.54 Å². The highest BCUT2D eigenvalue weighted by Crippen LogP contribution is 2.32. The van der Waals surface area contributed by atoms with Gasteiger partial charge in [-0.3, -0.25) is 0 Å². The molecule has 0 radical (unpaired) electrons. The molecule has 0 aromatic heterocycles. The third-order valence-electron chi connectivity index (χ3n) is 2.74. The van der Waals surface area contributed by atoms with Gasteiger partial charge in [-0.1, -0.05) is 32.9 Å². The standard InChI is InChI=1S/C15H26N2/c1-11-8-7-9-12(16)13(11)17-15(5,6)10-14(2,3)4/h7-9,17H,10,16H2,1-6H3. The van der Waals surface area contributed by atoms with Gasteiger partial charge in [0.2, 0.25) is 0 Å². The Morgan fingerprint density at radius 1 is 1.12 bits per heavy atom. The lowest BCUT2D eigenvalue weighted by Crippen LogP contribution is -2.35. The molecule has 2 nitrogen and oxygen atoms in total. The van der Waals surface area contributed by atoms with Crippen LogP contribution in [-0.2, 0) is 0 Å². The van der Waals surface area contributed by atoms with E-state index in [0.29, 0.717) is 5.41 Å². The number of anilines is 2. The lowest BCUT2D eigenvalue weighted by molar-refractivity contribution is 0.302. The van der Waals surface area contributed by atoms with Crippen molar-refractivity contribution < 1.29 is 0 Å². The van der Waals surface area contributed by atoms with Crippen molar-refractivity contribution in [3.05, 3.63) is 23.8 Å². The molecule has 0 atom stereocenters. The van der Waals surface area contributed by atoms with Crippen LogP contribution in [-0.4, -0.2) is 5.54 Å². The second-order valence-electron chi connectivity index (χ2n) is 6.79. The van der Waals surface area contributed by atoms with Gasteiger partial charge in [-0.15, -0.1) is 0 Å². The molecule has 1 aromatic carbocycles. The molecule has 0 aliphatic rings. The van der Waals surface area contributed by atoms with E-state index < -0.39 is 0 Å². The largest absolute Gasteiger partial charge is 0.397 e. The minimum atomic E-state index is 0.0402. The molecule has 1 aromatic rings. The lowest BCUT2D eigenvalue weighted by Gasteiger charge is -2.35. The fourth-order valence-corrected chi connectivity index (χ4v) is 2.57. The fraction of sp³-hybridized carbons (Fsp3) is 0.600. The number of aryl methyl sites for hydroxylation is 1. The summed E-state index contributed by atoms with van der Waals surface area (Å²) in [7, 11) is 0. The van der Waals surface area contributed by atoms with Gasteiger partial charge in [-0.2, -0.15) is 0 Å². The summed E-state index contributed by atoms with van der Waals surface area (Å²) in [4.78, 5) is 0. The van der Waals surface area contributed by atoms with Crippen LogP contribution < -0.4 is 11.1 Å². The zero-order chi connectivity index (χ0) is 13.3. The number of rotatable bonds is 3. The van der Waals surface area contributed by atoms with E-state index in [9.17, 15) is 0 Å². The highest BCUT2D eigenvalue weighted by atomic mass is 15.0. The summed E-state index contributed by atoms with van der Waals surface area (Å²) in [6.07, 6.45) is 1.09. The second kappa shape index (κ2) is 4.59. The van der Waals surface area contributed by atoms with Crippen molar-refractivity contribution in [3.63, 3.8) is 0 Å². The van der Waals surface area contributed by atoms with Crippen LogP contribution in [0.3, 0.4) is 0 Å². The van der Waals surface area contributed by atoms with Gasteiger partial charge in [-0.25, -0.2) is 0 Å². The van der Waals surface area contributed by atoms with Crippen LogP contribution in [0.15, 0.2) is 18.2 Å². The second-order valence-corrected chi connectivity index (χ2v) is 6.79. The smallest absolute Gasteiger partial charge is 0.0607 e. The summed E-state index contributed by atoms with van der Waals surface area (Å²) in [5, 5.41) is 3.59. The first-order valence-electron chi connectivity index (χ1n) is 6.24. The zero-order valence-electron chi connectivity index (χ0n) is 12.0. The Kier molecular flexibility index (Phi) is 3.75. The molecule has 0 heterocycles. The Bertz CT molecular complexity index is 366. The van der Waals surface area contributed by atoms with Crippen molar-refractivity contribution in [1.29, 1.82) is 0 Å². The minimum Gasteiger partial charge on any atom is -0.397 e. The molecule has 0 amide bonds. The van der Waals surface area contributed by atoms with Crippen molar-refractivity contribution in [3.8, 4) is 0 Å². The maximum atomic E-state index is 6.03. The third kappa shape index (κ3) is 4.29. The van der Waals surface area contributed by atoms with E-state index in [0.717, 1.165) is 17.8 Å². The lowest BCUT2D eigenvalue weighted by atomic mass is 9.81. The van der Waals surface area contributed by atoms with Crippen molar-refractivity contribution in [2.75, 3.05) is 11.1 Å². The van der Waals surface area contributed by atoms with Gasteiger partial charge in [-0.05, 0) is 44.2 Å². The maximum absolute atomic E-state index is 6.03. The van der Waals surface area contributed by atoms with Crippen molar-refractivity contribution in [2.24, 2.45) is 5.41 Å². The van der Waals surface area contributed by atoms with Crippen LogP contribution in [0.1, 0.15) is 46.6 Å². The van der Waals surface area contributed by atoms with E-state index in [1.807, 2.05) is 12.1 Å². The Labute approximate surface area is 106 Å². The van der Waals surface area contributed by atoms with Crippen molar-refractivity contribution in [2.45, 2.75) is 53.5 Å². The molecule has 1 rings (SSSR count). The highest BCUT2D eigenvalue weighted by molar-refractivity contribution is 5.70. The van der Waals surface area contributed by atoms with Gasteiger partial charge in [0.15, 0.2) is 0 Å². The van der Waals surface area contributed by atoms with Crippen molar-refractivity contribution >= 4 is 11.4 Å².